The molecule has 36 heavy (non-hydrogen) atoms. The first-order chi connectivity index (χ1) is 16.6. The number of hydrogen-bond donors (Lipinski definition) is 4. The first-order valence-corrected chi connectivity index (χ1v) is 11.3. The molecule has 2 aromatic carbocycles. The van der Waals surface area contributed by atoms with Crippen LogP contribution < -0.4 is 5.73 Å². The van der Waals surface area contributed by atoms with Gasteiger partial charge >= 0.3 is 35.5 Å². The maximum atomic E-state index is 13.7. The van der Waals surface area contributed by atoms with Crippen molar-refractivity contribution in [3.8, 4) is 22.3 Å². The molecular weight excluding hydrogens is 474 g/mol. The summed E-state index contributed by atoms with van der Waals surface area (Å²) in [6.07, 6.45) is 0.0325. The molecule has 0 aliphatic rings. The fraction of sp³-hybridized carbons (Fsp3) is 0.259. The Morgan fingerprint density at radius 3 is 2.11 bits per heavy atom. The number of carbonyl (C=O) groups excluding carboxylic acids is 1. The number of aromatic nitrogens is 1. The average molecular weight is 505 g/mol. The molecule has 3 rings (SSSR count). The number of nitrogens with two attached hydrogens (primary N) is 1. The van der Waals surface area contributed by atoms with E-state index in [1.807, 2.05) is 44.2 Å². The van der Waals surface area contributed by atoms with Gasteiger partial charge in [-0.3, -0.25) is 9.59 Å². The zero-order chi connectivity index (χ0) is 25.7. The number of amides is 1. The van der Waals surface area contributed by atoms with Gasteiger partial charge in [0.05, 0.1) is 18.6 Å². The summed E-state index contributed by atoms with van der Waals surface area (Å²) in [6.45, 7) is 3.78. The second-order valence-corrected chi connectivity index (χ2v) is 8.60. The van der Waals surface area contributed by atoms with Crippen molar-refractivity contribution in [1.82, 2.24) is 4.57 Å². The van der Waals surface area contributed by atoms with Crippen LogP contribution in [0.4, 0.5) is 4.39 Å². The van der Waals surface area contributed by atoms with E-state index in [4.69, 9.17) is 10.8 Å². The molecule has 0 unspecified atom stereocenters. The van der Waals surface area contributed by atoms with Crippen LogP contribution >= 0.6 is 0 Å². The molecule has 0 radical (unpaired) electrons. The molecule has 9 heteroatoms. The Morgan fingerprint density at radius 2 is 1.58 bits per heavy atom. The molecule has 2 atom stereocenters. The van der Waals surface area contributed by atoms with E-state index in [0.717, 1.165) is 5.56 Å². The molecule has 0 saturated carbocycles. The predicted molar refractivity (Wildman–Crippen MR) is 139 cm³/mol. The number of aliphatic hydroxyl groups excluding tert-OH is 2. The number of aliphatic carboxylic acids is 1. The van der Waals surface area contributed by atoms with Crippen LogP contribution in [0.2, 0.25) is 0 Å². The van der Waals surface area contributed by atoms with Gasteiger partial charge in [-0.2, -0.15) is 0 Å². The molecule has 0 aliphatic carbocycles. The van der Waals surface area contributed by atoms with Gasteiger partial charge in [-0.25, -0.2) is 4.39 Å². The Balaban J connectivity index is 0.00000456. The van der Waals surface area contributed by atoms with Gasteiger partial charge in [0, 0.05) is 29.3 Å². The van der Waals surface area contributed by atoms with Gasteiger partial charge in [0.25, 0.3) is 5.91 Å². The van der Waals surface area contributed by atoms with Crippen molar-refractivity contribution in [1.29, 1.82) is 0 Å². The zero-order valence-electron chi connectivity index (χ0n) is 19.6. The number of rotatable bonds is 10. The third-order valence-corrected chi connectivity index (χ3v) is 5.59. The van der Waals surface area contributed by atoms with Gasteiger partial charge in [-0.15, -0.1) is 0 Å². The van der Waals surface area contributed by atoms with Crippen molar-refractivity contribution in [3.05, 3.63) is 77.9 Å². The summed E-state index contributed by atoms with van der Waals surface area (Å²) in [5.74, 6) is -2.22. The molecule has 1 amide bonds. The molecule has 3 aromatic rings. The van der Waals surface area contributed by atoms with Gasteiger partial charge in [0.2, 0.25) is 0 Å². The quantitative estimate of drug-likeness (QED) is 0.314. The van der Waals surface area contributed by atoms with E-state index in [0.29, 0.717) is 22.4 Å². The normalized spacial score (nSPS) is 12.9. The van der Waals surface area contributed by atoms with Gasteiger partial charge < -0.3 is 25.6 Å². The second kappa shape index (κ2) is 13.0. The monoisotopic (exact) mass is 504 g/mol. The summed E-state index contributed by atoms with van der Waals surface area (Å²) in [5, 5.41) is 29.2. The van der Waals surface area contributed by atoms with Crippen molar-refractivity contribution >= 4 is 47.5 Å². The summed E-state index contributed by atoms with van der Waals surface area (Å²) in [7, 11) is 0. The number of nitrogens with zero attached hydrogens (tertiary/aromatic N) is 1. The first-order valence-electron chi connectivity index (χ1n) is 11.3. The van der Waals surface area contributed by atoms with E-state index in [1.54, 1.807) is 22.8 Å². The average Bonchev–Trinajstić information content (AvgIpc) is 3.14. The van der Waals surface area contributed by atoms with Crippen LogP contribution in [0, 0.1) is 5.82 Å². The molecule has 0 saturated heterocycles. The minimum absolute atomic E-state index is 0. The molecular formula is C27H30FN2NaO5. The number of hydrogen-bond acceptors (Lipinski definition) is 4. The molecule has 7 nitrogen and oxygen atoms in total. The van der Waals surface area contributed by atoms with Crippen LogP contribution in [0.25, 0.3) is 28.3 Å². The number of benzene rings is 2. The van der Waals surface area contributed by atoms with Crippen LogP contribution in [-0.4, -0.2) is 73.5 Å². The van der Waals surface area contributed by atoms with E-state index in [1.165, 1.54) is 18.2 Å². The Kier molecular flexibility index (Phi) is 10.6. The molecule has 1 aromatic heterocycles. The van der Waals surface area contributed by atoms with Gasteiger partial charge in [0.1, 0.15) is 11.5 Å². The number of carbonyl (C=O) groups is 2. The zero-order valence-corrected chi connectivity index (χ0v) is 19.6. The van der Waals surface area contributed by atoms with Crippen molar-refractivity contribution in [3.63, 3.8) is 0 Å². The van der Waals surface area contributed by atoms with Gasteiger partial charge in [-0.1, -0.05) is 48.5 Å². The predicted octanol–water partition coefficient (Wildman–Crippen LogP) is 3.59. The number of carboxylic acid groups (broad SMARTS) is 1. The standard InChI is InChI=1S/C27H29FN2O5.Na.H/c1-16(2)30-22(13-12-20(31)14-21(32)15-23(33)34)24(18-8-10-19(28)11-9-18)25(26(30)27(29)35)17-6-4-3-5-7-17;;/h3-13,16,20-21,31-32H,14-15H2,1-2H3,(H2,29,35)(H,33,34);;/t20-,21-;;/m1../s1. The summed E-state index contributed by atoms with van der Waals surface area (Å²) in [4.78, 5) is 23.6. The Bertz CT molecular complexity index is 1220. The first kappa shape index (κ1) is 29.5. The van der Waals surface area contributed by atoms with Crippen LogP contribution in [0.1, 0.15) is 48.9 Å². The molecule has 0 spiro atoms. The van der Waals surface area contributed by atoms with Crippen molar-refractivity contribution in [2.45, 2.75) is 44.9 Å². The molecule has 0 aliphatic heterocycles. The van der Waals surface area contributed by atoms with E-state index in [2.05, 4.69) is 0 Å². The Morgan fingerprint density at radius 1 is 1.00 bits per heavy atom. The van der Waals surface area contributed by atoms with Crippen LogP contribution in [0.3, 0.4) is 0 Å². The summed E-state index contributed by atoms with van der Waals surface area (Å²) < 4.78 is 15.5. The van der Waals surface area contributed by atoms with E-state index in [9.17, 15) is 24.2 Å². The van der Waals surface area contributed by atoms with Crippen molar-refractivity contribution in [2.24, 2.45) is 5.73 Å². The van der Waals surface area contributed by atoms with Crippen LogP contribution in [0.5, 0.6) is 0 Å². The Labute approximate surface area is 231 Å². The third kappa shape index (κ3) is 6.93. The second-order valence-electron chi connectivity index (χ2n) is 8.60. The molecule has 186 valence electrons. The van der Waals surface area contributed by atoms with Gasteiger partial charge in [-0.05, 0) is 43.2 Å². The number of aliphatic hydroxyl groups is 2. The maximum absolute atomic E-state index is 13.7. The fourth-order valence-corrected chi connectivity index (χ4v) is 4.19. The number of primary amides is 1. The third-order valence-electron chi connectivity index (χ3n) is 5.59. The SMILES string of the molecule is CC(C)n1c(C=C[C@@H](O)C[C@@H](O)CC(=O)O)c(-c2ccc(F)cc2)c(-c2ccccc2)c1C(N)=O.[NaH]. The van der Waals surface area contributed by atoms with Crippen molar-refractivity contribution < 1.29 is 29.3 Å². The van der Waals surface area contributed by atoms with E-state index < -0.39 is 36.3 Å². The van der Waals surface area contributed by atoms with Crippen LogP contribution in [0.15, 0.2) is 60.7 Å². The molecule has 0 fully saturated rings. The minimum atomic E-state index is -1.22. The van der Waals surface area contributed by atoms with Crippen molar-refractivity contribution in [2.75, 3.05) is 0 Å². The molecule has 0 bridgehead atoms. The topological polar surface area (TPSA) is 126 Å². The number of halogens is 1. The van der Waals surface area contributed by atoms with E-state index in [-0.39, 0.29) is 47.7 Å². The number of carboxylic acids is 1. The van der Waals surface area contributed by atoms with Gasteiger partial charge in [0.15, 0.2) is 0 Å². The molecule has 5 N–H and O–H groups in total. The van der Waals surface area contributed by atoms with Crippen LogP contribution in [-0.2, 0) is 4.79 Å². The summed E-state index contributed by atoms with van der Waals surface area (Å²) in [6, 6.07) is 14.9. The van der Waals surface area contributed by atoms with E-state index >= 15 is 0 Å². The summed E-state index contributed by atoms with van der Waals surface area (Å²) in [5.41, 5.74) is 9.29. The Hall–Kier alpha value is -2.75. The molecule has 1 heterocycles. The summed E-state index contributed by atoms with van der Waals surface area (Å²) >= 11 is 0. The fourth-order valence-electron chi connectivity index (χ4n) is 4.19.